The zero-order valence-corrected chi connectivity index (χ0v) is 10.1. The molecule has 0 saturated heterocycles. The SMILES string of the molecule is NC(c1ncccc1F)c1cccc2cccnc12. The third kappa shape index (κ3) is 2.06. The molecule has 0 bridgehead atoms. The van der Waals surface area contributed by atoms with Gasteiger partial charge < -0.3 is 5.73 Å². The van der Waals surface area contributed by atoms with Crippen molar-refractivity contribution in [3.63, 3.8) is 0 Å². The summed E-state index contributed by atoms with van der Waals surface area (Å²) in [6.45, 7) is 0. The van der Waals surface area contributed by atoms with Crippen LogP contribution < -0.4 is 5.73 Å². The monoisotopic (exact) mass is 253 g/mol. The van der Waals surface area contributed by atoms with Crippen molar-refractivity contribution in [3.8, 4) is 0 Å². The molecule has 0 amide bonds. The third-order valence-corrected chi connectivity index (χ3v) is 3.08. The van der Waals surface area contributed by atoms with Gasteiger partial charge in [-0.15, -0.1) is 0 Å². The minimum Gasteiger partial charge on any atom is -0.319 e. The molecule has 0 aliphatic heterocycles. The van der Waals surface area contributed by atoms with Gasteiger partial charge in [-0.2, -0.15) is 0 Å². The number of pyridine rings is 2. The van der Waals surface area contributed by atoms with Crippen LogP contribution in [0.25, 0.3) is 10.9 Å². The lowest BCUT2D eigenvalue weighted by molar-refractivity contribution is 0.587. The zero-order valence-electron chi connectivity index (χ0n) is 10.1. The molecule has 0 fully saturated rings. The Morgan fingerprint density at radius 1 is 0.947 bits per heavy atom. The lowest BCUT2D eigenvalue weighted by Crippen LogP contribution is -2.16. The summed E-state index contributed by atoms with van der Waals surface area (Å²) in [5, 5.41) is 0.979. The third-order valence-electron chi connectivity index (χ3n) is 3.08. The van der Waals surface area contributed by atoms with Crippen molar-refractivity contribution in [1.82, 2.24) is 9.97 Å². The van der Waals surface area contributed by atoms with Crippen LogP contribution in [0.15, 0.2) is 54.9 Å². The number of nitrogens with zero attached hydrogens (tertiary/aromatic N) is 2. The number of para-hydroxylation sites is 1. The number of hydrogen-bond donors (Lipinski definition) is 1. The van der Waals surface area contributed by atoms with Gasteiger partial charge in [-0.3, -0.25) is 9.97 Å². The van der Waals surface area contributed by atoms with Gasteiger partial charge in [-0.1, -0.05) is 24.3 Å². The van der Waals surface area contributed by atoms with Gasteiger partial charge in [0.2, 0.25) is 0 Å². The summed E-state index contributed by atoms with van der Waals surface area (Å²) < 4.78 is 13.8. The molecular formula is C15H12FN3. The van der Waals surface area contributed by atoms with Crippen molar-refractivity contribution in [1.29, 1.82) is 0 Å². The normalized spacial score (nSPS) is 12.5. The van der Waals surface area contributed by atoms with E-state index in [0.29, 0.717) is 0 Å². The molecule has 1 atom stereocenters. The largest absolute Gasteiger partial charge is 0.319 e. The summed E-state index contributed by atoms with van der Waals surface area (Å²) in [5.41, 5.74) is 7.93. The van der Waals surface area contributed by atoms with Gasteiger partial charge in [0.25, 0.3) is 0 Å². The number of fused-ring (bicyclic) bond motifs is 1. The maximum absolute atomic E-state index is 13.8. The van der Waals surface area contributed by atoms with E-state index in [2.05, 4.69) is 9.97 Å². The maximum Gasteiger partial charge on any atom is 0.146 e. The van der Waals surface area contributed by atoms with Gasteiger partial charge in [0, 0.05) is 23.3 Å². The van der Waals surface area contributed by atoms with Crippen LogP contribution in [-0.2, 0) is 0 Å². The van der Waals surface area contributed by atoms with Gasteiger partial charge >= 0.3 is 0 Å². The molecule has 19 heavy (non-hydrogen) atoms. The van der Waals surface area contributed by atoms with E-state index in [0.717, 1.165) is 16.5 Å². The van der Waals surface area contributed by atoms with Gasteiger partial charge in [0.05, 0.1) is 17.3 Å². The molecule has 0 aliphatic rings. The molecule has 2 heterocycles. The fourth-order valence-corrected chi connectivity index (χ4v) is 2.15. The smallest absolute Gasteiger partial charge is 0.146 e. The van der Waals surface area contributed by atoms with E-state index in [1.165, 1.54) is 12.3 Å². The van der Waals surface area contributed by atoms with Crippen LogP contribution in [0.3, 0.4) is 0 Å². The highest BCUT2D eigenvalue weighted by Crippen LogP contribution is 2.25. The van der Waals surface area contributed by atoms with E-state index in [-0.39, 0.29) is 5.69 Å². The second-order valence-electron chi connectivity index (χ2n) is 4.27. The number of benzene rings is 1. The van der Waals surface area contributed by atoms with Gasteiger partial charge in [0.15, 0.2) is 0 Å². The fraction of sp³-hybridized carbons (Fsp3) is 0.0667. The van der Waals surface area contributed by atoms with E-state index >= 15 is 0 Å². The lowest BCUT2D eigenvalue weighted by atomic mass is 10.0. The highest BCUT2D eigenvalue weighted by atomic mass is 19.1. The van der Waals surface area contributed by atoms with Crippen molar-refractivity contribution in [2.24, 2.45) is 5.73 Å². The Morgan fingerprint density at radius 3 is 2.53 bits per heavy atom. The average Bonchev–Trinajstić information content (AvgIpc) is 2.46. The van der Waals surface area contributed by atoms with Crippen molar-refractivity contribution >= 4 is 10.9 Å². The van der Waals surface area contributed by atoms with Crippen LogP contribution in [0.1, 0.15) is 17.3 Å². The summed E-state index contributed by atoms with van der Waals surface area (Å²) in [6.07, 6.45) is 3.24. The molecule has 3 rings (SSSR count). The van der Waals surface area contributed by atoms with Crippen molar-refractivity contribution < 1.29 is 4.39 Å². The van der Waals surface area contributed by atoms with Crippen molar-refractivity contribution in [2.75, 3.05) is 0 Å². The molecule has 1 aromatic carbocycles. The van der Waals surface area contributed by atoms with Crippen LogP contribution in [0.4, 0.5) is 4.39 Å². The van der Waals surface area contributed by atoms with Gasteiger partial charge in [-0.25, -0.2) is 4.39 Å². The van der Waals surface area contributed by atoms with Crippen LogP contribution in [0, 0.1) is 5.82 Å². The van der Waals surface area contributed by atoms with Gasteiger partial charge in [-0.05, 0) is 18.2 Å². The predicted octanol–water partition coefficient (Wildman–Crippen LogP) is 2.82. The molecule has 0 saturated carbocycles. The highest BCUT2D eigenvalue weighted by molar-refractivity contribution is 5.82. The van der Waals surface area contributed by atoms with Crippen LogP contribution in [0.5, 0.6) is 0 Å². The molecule has 2 aromatic heterocycles. The average molecular weight is 253 g/mol. The quantitative estimate of drug-likeness (QED) is 0.764. The highest BCUT2D eigenvalue weighted by Gasteiger charge is 2.17. The summed E-state index contributed by atoms with van der Waals surface area (Å²) >= 11 is 0. The Labute approximate surface area is 109 Å². The lowest BCUT2D eigenvalue weighted by Gasteiger charge is -2.14. The first-order chi connectivity index (χ1) is 9.27. The van der Waals surface area contributed by atoms with E-state index in [1.54, 1.807) is 12.3 Å². The Bertz CT molecular complexity index is 722. The second kappa shape index (κ2) is 4.74. The Balaban J connectivity index is 2.17. The van der Waals surface area contributed by atoms with E-state index < -0.39 is 11.9 Å². The predicted molar refractivity (Wildman–Crippen MR) is 72.0 cm³/mol. The molecule has 3 nitrogen and oxygen atoms in total. The van der Waals surface area contributed by atoms with Crippen LogP contribution in [-0.4, -0.2) is 9.97 Å². The topological polar surface area (TPSA) is 51.8 Å². The molecule has 0 aliphatic carbocycles. The Kier molecular flexibility index (Phi) is 2.93. The van der Waals surface area contributed by atoms with E-state index in [9.17, 15) is 4.39 Å². The van der Waals surface area contributed by atoms with E-state index in [4.69, 9.17) is 5.73 Å². The first-order valence-electron chi connectivity index (χ1n) is 5.97. The minimum absolute atomic E-state index is 0.237. The second-order valence-corrected chi connectivity index (χ2v) is 4.27. The first kappa shape index (κ1) is 11.7. The zero-order chi connectivity index (χ0) is 13.2. The molecule has 0 radical (unpaired) electrons. The first-order valence-corrected chi connectivity index (χ1v) is 5.97. The molecular weight excluding hydrogens is 241 g/mol. The van der Waals surface area contributed by atoms with Crippen LogP contribution in [0.2, 0.25) is 0 Å². The molecule has 4 heteroatoms. The minimum atomic E-state index is -0.625. The molecule has 3 aromatic rings. The number of hydrogen-bond acceptors (Lipinski definition) is 3. The Hall–Kier alpha value is -2.33. The number of halogens is 1. The summed E-state index contributed by atoms with van der Waals surface area (Å²) in [5.74, 6) is -0.400. The number of rotatable bonds is 2. The summed E-state index contributed by atoms with van der Waals surface area (Å²) in [4.78, 5) is 8.36. The van der Waals surface area contributed by atoms with Crippen molar-refractivity contribution in [3.05, 3.63) is 71.9 Å². The maximum atomic E-state index is 13.8. The number of nitrogens with two attached hydrogens (primary N) is 1. The summed E-state index contributed by atoms with van der Waals surface area (Å²) in [7, 11) is 0. The summed E-state index contributed by atoms with van der Waals surface area (Å²) in [6, 6.07) is 11.8. The molecule has 1 unspecified atom stereocenters. The van der Waals surface area contributed by atoms with Gasteiger partial charge in [0.1, 0.15) is 5.82 Å². The fourth-order valence-electron chi connectivity index (χ4n) is 2.15. The van der Waals surface area contributed by atoms with Crippen molar-refractivity contribution in [2.45, 2.75) is 6.04 Å². The van der Waals surface area contributed by atoms with E-state index in [1.807, 2.05) is 30.3 Å². The number of aromatic nitrogens is 2. The van der Waals surface area contributed by atoms with Crippen LogP contribution >= 0.6 is 0 Å². The molecule has 94 valence electrons. The molecule has 0 spiro atoms. The standard InChI is InChI=1S/C15H12FN3/c16-12-7-3-9-19-15(12)13(17)11-6-1-4-10-5-2-8-18-14(10)11/h1-9,13H,17H2. The molecule has 2 N–H and O–H groups in total. The Morgan fingerprint density at radius 2 is 1.68 bits per heavy atom.